The highest BCUT2D eigenvalue weighted by atomic mass is 19.2. The molecule has 0 aliphatic heterocycles. The highest BCUT2D eigenvalue weighted by Gasteiger charge is 2.52. The molecule has 0 bridgehead atoms. The van der Waals surface area contributed by atoms with Crippen molar-refractivity contribution in [1.82, 2.24) is 0 Å². The van der Waals surface area contributed by atoms with Gasteiger partial charge >= 0.3 is 5.88 Å². The highest BCUT2D eigenvalue weighted by molar-refractivity contribution is 7.20. The van der Waals surface area contributed by atoms with Crippen LogP contribution in [0, 0.1) is 116 Å². The molecule has 0 spiro atoms. The van der Waals surface area contributed by atoms with E-state index in [0.29, 0.717) is 11.4 Å². The van der Waals surface area contributed by atoms with Crippen molar-refractivity contribution < 1.29 is 102 Å². The van der Waals surface area contributed by atoms with Gasteiger partial charge in [-0.3, -0.25) is 4.79 Å². The quantitative estimate of drug-likeness (QED) is 0.0381. The molecular formula is C42H16BF20NO2. The second-order valence-corrected chi connectivity index (χ2v) is 13.6. The van der Waals surface area contributed by atoms with E-state index >= 15 is 35.1 Å². The predicted molar refractivity (Wildman–Crippen MR) is 191 cm³/mol. The Hall–Kier alpha value is -7.14. The molecule has 0 N–H and O–H groups in total. The molecule has 7 rings (SSSR count). The van der Waals surface area contributed by atoms with Crippen LogP contribution in [-0.4, -0.2) is 19.0 Å². The SMILES string of the molecule is COc1c2ccccc2cc[n+]1CC(=O)c1ccccc1.Fc1c(F)c(F)c([B-](c2c(F)c(F)c(F)c(F)c2F)(c2c(F)c(F)c(F)c(F)c2F)c2c(F)c(F)c(F)c(F)c2F)c(F)c1F. The number of halogens is 20. The summed E-state index contributed by atoms with van der Waals surface area (Å²) in [5.41, 5.74) is -13.6. The number of nitrogens with zero attached hydrogens (tertiary/aromatic N) is 1. The number of ketones is 1. The normalized spacial score (nSPS) is 11.5. The summed E-state index contributed by atoms with van der Waals surface area (Å²) in [6.07, 6.45) is -5.33. The predicted octanol–water partition coefficient (Wildman–Crippen LogP) is 8.86. The largest absolute Gasteiger partial charge is 0.447 e. The standard InChI is InChI=1S/C24BF20.C18H16NO2/c26-5-1(6(27)14(35)21(42)13(5)34)25(2-7(28)15(36)22(43)16(37)8(2)29,3-9(30)17(38)23(44)18(39)10(3)31)4-11(32)19(40)24(45)20(41)12(4)33;1-21-18-16-10-6-5-7-14(16)11-12-19(18)13-17(20)15-8-3-2-4-9-15/h;2-12H,13H2,1H3/q-1;+1. The number of pyridine rings is 1. The third-order valence-corrected chi connectivity index (χ3v) is 10.2. The third-order valence-electron chi connectivity index (χ3n) is 10.2. The Bertz CT molecular complexity index is 2750. The summed E-state index contributed by atoms with van der Waals surface area (Å²) < 4.78 is 301. The van der Waals surface area contributed by atoms with Gasteiger partial charge in [0.1, 0.15) is 52.7 Å². The van der Waals surface area contributed by atoms with E-state index in [4.69, 9.17) is 4.74 Å². The number of ether oxygens (including phenoxy) is 1. The smallest absolute Gasteiger partial charge is 0.376 e. The van der Waals surface area contributed by atoms with Crippen LogP contribution in [0.2, 0.25) is 0 Å². The number of Topliss-reactive ketones (excluding diaryl/α,β-unsaturated/α-hetero) is 1. The number of benzene rings is 6. The number of carbonyl (C=O) groups is 1. The van der Waals surface area contributed by atoms with Gasteiger partial charge in [-0.15, -0.1) is 21.9 Å². The lowest BCUT2D eigenvalue weighted by Gasteiger charge is -2.44. The van der Waals surface area contributed by atoms with Crippen molar-refractivity contribution in [2.24, 2.45) is 0 Å². The van der Waals surface area contributed by atoms with Crippen LogP contribution in [-0.2, 0) is 6.54 Å². The van der Waals surface area contributed by atoms with E-state index in [1.807, 2.05) is 71.4 Å². The van der Waals surface area contributed by atoms with E-state index in [9.17, 15) is 57.5 Å². The van der Waals surface area contributed by atoms with Gasteiger partial charge in [-0.1, -0.05) is 48.5 Å². The highest BCUT2D eigenvalue weighted by Crippen LogP contribution is 2.31. The van der Waals surface area contributed by atoms with Gasteiger partial charge in [0.05, 0.1) is 12.5 Å². The summed E-state index contributed by atoms with van der Waals surface area (Å²) in [5.74, 6) is -70.6. The molecule has 0 unspecified atom stereocenters. The number of fused-ring (bicyclic) bond motifs is 1. The molecule has 7 aromatic rings. The number of hydrogen-bond donors (Lipinski definition) is 0. The Balaban J connectivity index is 0.000000284. The van der Waals surface area contributed by atoms with E-state index in [2.05, 4.69) is 0 Å². The van der Waals surface area contributed by atoms with Crippen molar-refractivity contribution in [2.45, 2.75) is 6.54 Å². The van der Waals surface area contributed by atoms with Crippen molar-refractivity contribution in [3.63, 3.8) is 0 Å². The van der Waals surface area contributed by atoms with Gasteiger partial charge in [0.15, 0.2) is 76.0 Å². The minimum absolute atomic E-state index is 0.0641. The first-order valence-electron chi connectivity index (χ1n) is 17.8. The second kappa shape index (κ2) is 18.0. The van der Waals surface area contributed by atoms with Crippen LogP contribution in [0.4, 0.5) is 87.8 Å². The molecule has 0 aliphatic carbocycles. The molecule has 0 aliphatic rings. The Morgan fingerprint density at radius 3 is 1.02 bits per heavy atom. The van der Waals surface area contributed by atoms with E-state index < -0.39 is 144 Å². The zero-order chi connectivity index (χ0) is 49.0. The summed E-state index contributed by atoms with van der Waals surface area (Å²) in [6, 6.07) is 19.3. The van der Waals surface area contributed by atoms with Crippen LogP contribution in [0.15, 0.2) is 66.9 Å². The maximum atomic E-state index is 15.4. The van der Waals surface area contributed by atoms with Gasteiger partial charge in [-0.25, -0.2) is 87.8 Å². The molecule has 24 heteroatoms. The topological polar surface area (TPSA) is 30.2 Å². The van der Waals surface area contributed by atoms with Gasteiger partial charge < -0.3 is 4.74 Å². The minimum Gasteiger partial charge on any atom is -0.447 e. The molecule has 3 nitrogen and oxygen atoms in total. The van der Waals surface area contributed by atoms with Crippen LogP contribution < -0.4 is 31.2 Å². The lowest BCUT2D eigenvalue weighted by molar-refractivity contribution is -0.686. The molecular weight excluding hydrogens is 941 g/mol. The Morgan fingerprint density at radius 2 is 0.697 bits per heavy atom. The van der Waals surface area contributed by atoms with Crippen molar-refractivity contribution in [1.29, 1.82) is 0 Å². The van der Waals surface area contributed by atoms with E-state index in [1.54, 1.807) is 7.11 Å². The number of rotatable bonds is 8. The van der Waals surface area contributed by atoms with Crippen LogP contribution in [0.5, 0.6) is 5.88 Å². The summed E-state index contributed by atoms with van der Waals surface area (Å²) in [7, 11) is 1.63. The Kier molecular flexibility index (Phi) is 13.2. The zero-order valence-electron chi connectivity index (χ0n) is 32.0. The Labute approximate surface area is 354 Å². The molecule has 66 heavy (non-hydrogen) atoms. The van der Waals surface area contributed by atoms with Crippen molar-refractivity contribution in [3.05, 3.63) is 189 Å². The summed E-state index contributed by atoms with van der Waals surface area (Å²) in [4.78, 5) is 12.3. The molecule has 6 aromatic carbocycles. The molecule has 0 saturated heterocycles. The number of methoxy groups -OCH3 is 1. The lowest BCUT2D eigenvalue weighted by atomic mass is 9.12. The third kappa shape index (κ3) is 7.40. The van der Waals surface area contributed by atoms with Gasteiger partial charge in [0.25, 0.3) is 0 Å². The number of aromatic nitrogens is 1. The molecule has 0 radical (unpaired) electrons. The maximum absolute atomic E-state index is 15.4. The fraction of sp³-hybridized carbons (Fsp3) is 0.0476. The molecule has 0 saturated carbocycles. The zero-order valence-corrected chi connectivity index (χ0v) is 32.0. The maximum Gasteiger partial charge on any atom is 0.376 e. The summed E-state index contributed by atoms with van der Waals surface area (Å²) in [5, 5.41) is 2.10. The fourth-order valence-corrected chi connectivity index (χ4v) is 7.33. The average molecular weight is 957 g/mol. The van der Waals surface area contributed by atoms with E-state index in [-0.39, 0.29) is 12.3 Å². The molecule has 1 heterocycles. The monoisotopic (exact) mass is 957 g/mol. The van der Waals surface area contributed by atoms with Crippen molar-refractivity contribution in [2.75, 3.05) is 7.11 Å². The Morgan fingerprint density at radius 1 is 0.409 bits per heavy atom. The first-order chi connectivity index (χ1) is 31.0. The van der Waals surface area contributed by atoms with Gasteiger partial charge in [0.2, 0.25) is 12.3 Å². The van der Waals surface area contributed by atoms with Gasteiger partial charge in [-0.05, 0) is 11.5 Å². The average Bonchev–Trinajstić information content (AvgIpc) is 3.31. The van der Waals surface area contributed by atoms with Crippen LogP contribution in [0.1, 0.15) is 10.4 Å². The minimum atomic E-state index is -7.22. The van der Waals surface area contributed by atoms with Gasteiger partial charge in [-0.2, -0.15) is 4.57 Å². The molecule has 344 valence electrons. The van der Waals surface area contributed by atoms with Crippen LogP contribution in [0.25, 0.3) is 10.8 Å². The lowest BCUT2D eigenvalue weighted by Crippen LogP contribution is -2.81. The first-order valence-corrected chi connectivity index (χ1v) is 17.8. The first kappa shape index (κ1) is 48.3. The molecule has 0 atom stereocenters. The van der Waals surface area contributed by atoms with Crippen molar-refractivity contribution in [3.8, 4) is 5.88 Å². The van der Waals surface area contributed by atoms with Gasteiger partial charge in [0, 0.05) is 11.6 Å². The molecule has 0 fully saturated rings. The number of hydrogen-bond acceptors (Lipinski definition) is 2. The summed E-state index contributed by atoms with van der Waals surface area (Å²) in [6.45, 7) is 0.262. The summed E-state index contributed by atoms with van der Waals surface area (Å²) >= 11 is 0. The second-order valence-electron chi connectivity index (χ2n) is 13.6. The molecule has 0 amide bonds. The van der Waals surface area contributed by atoms with Crippen LogP contribution in [0.3, 0.4) is 0 Å². The molecule has 1 aromatic heterocycles. The number of carbonyl (C=O) groups excluding carboxylic acids is 1. The van der Waals surface area contributed by atoms with E-state index in [1.165, 1.54) is 0 Å². The van der Waals surface area contributed by atoms with Crippen molar-refractivity contribution >= 4 is 44.6 Å². The van der Waals surface area contributed by atoms with Crippen LogP contribution >= 0.6 is 0 Å². The fourth-order valence-electron chi connectivity index (χ4n) is 7.33. The van der Waals surface area contributed by atoms with E-state index in [0.717, 1.165) is 10.8 Å².